The second-order valence-electron chi connectivity index (χ2n) is 5.34. The molecule has 0 aliphatic heterocycles. The summed E-state index contributed by atoms with van der Waals surface area (Å²) in [5.41, 5.74) is -2.19. The molecule has 24 heavy (non-hydrogen) atoms. The van der Waals surface area contributed by atoms with Crippen LogP contribution in [0.1, 0.15) is 11.1 Å². The highest BCUT2D eigenvalue weighted by Gasteiger charge is 2.29. The third kappa shape index (κ3) is 5.49. The summed E-state index contributed by atoms with van der Waals surface area (Å²) in [6, 6.07) is 11.1. The number of rotatable bonds is 5. The van der Waals surface area contributed by atoms with Gasteiger partial charge < -0.3 is 9.61 Å². The minimum absolute atomic E-state index is 0.0645. The van der Waals surface area contributed by atoms with Crippen LogP contribution in [0.25, 0.3) is 0 Å². The van der Waals surface area contributed by atoms with Crippen LogP contribution in [0.3, 0.4) is 0 Å². The molecule has 0 bridgehead atoms. The molecule has 1 atom stereocenters. The van der Waals surface area contributed by atoms with Gasteiger partial charge in [-0.2, -0.15) is 13.2 Å². The normalized spacial score (nSPS) is 14.1. The fraction of sp³-hybridized carbons (Fsp3) is 0.250. The summed E-state index contributed by atoms with van der Waals surface area (Å²) < 4.78 is 55.2. The molecule has 0 aliphatic rings. The number of benzene rings is 2. The zero-order valence-electron chi connectivity index (χ0n) is 13.3. The number of thioether (sulfide) groups is 1. The molecule has 2 rings (SSSR count). The Bertz CT molecular complexity index is 743. The molecule has 0 radical (unpaired) electrons. The number of aryl methyl sites for hydroxylation is 2. The third-order valence-corrected chi connectivity index (χ3v) is 5.03. The van der Waals surface area contributed by atoms with Crippen molar-refractivity contribution in [3.05, 3.63) is 53.6 Å². The van der Waals surface area contributed by atoms with Gasteiger partial charge in [0, 0.05) is 17.2 Å². The van der Waals surface area contributed by atoms with E-state index in [-0.39, 0.29) is 16.7 Å². The SMILES string of the molecule is Cc1cccc(C)c1OP(C)(=O)Nc1ccc(SC(F)(F)F)cc1. The number of alkyl halides is 3. The van der Waals surface area contributed by atoms with Crippen molar-refractivity contribution in [2.45, 2.75) is 24.3 Å². The fourth-order valence-corrected chi connectivity index (χ4v) is 3.95. The molecule has 3 nitrogen and oxygen atoms in total. The molecule has 0 fully saturated rings. The Morgan fingerprint density at radius 3 is 2.08 bits per heavy atom. The Morgan fingerprint density at radius 2 is 1.58 bits per heavy atom. The summed E-state index contributed by atoms with van der Waals surface area (Å²) in [5.74, 6) is 0.542. The zero-order chi connectivity index (χ0) is 18.0. The molecule has 130 valence electrons. The van der Waals surface area contributed by atoms with Gasteiger partial charge in [-0.15, -0.1) is 0 Å². The standard InChI is InChI=1S/C16H17F3NO2PS/c1-11-5-4-6-12(2)15(11)22-23(3,21)20-13-7-9-14(10-8-13)24-16(17,18)19/h4-10H,1-3H3,(H,20,21). The van der Waals surface area contributed by atoms with Gasteiger partial charge in [0.25, 0.3) is 0 Å². The molecular weight excluding hydrogens is 358 g/mol. The van der Waals surface area contributed by atoms with Crippen molar-refractivity contribution in [2.75, 3.05) is 11.8 Å². The Kier molecular flexibility index (Phi) is 5.56. The van der Waals surface area contributed by atoms with Gasteiger partial charge >= 0.3 is 13.0 Å². The van der Waals surface area contributed by atoms with Crippen LogP contribution in [0.4, 0.5) is 18.9 Å². The van der Waals surface area contributed by atoms with Crippen LogP contribution in [0.15, 0.2) is 47.4 Å². The average molecular weight is 375 g/mol. The fourth-order valence-electron chi connectivity index (χ4n) is 2.11. The highest BCUT2D eigenvalue weighted by atomic mass is 32.2. The number of halogens is 3. The molecule has 8 heteroatoms. The minimum Gasteiger partial charge on any atom is -0.429 e. The van der Waals surface area contributed by atoms with Crippen molar-refractivity contribution in [3.8, 4) is 5.75 Å². The van der Waals surface area contributed by atoms with Crippen molar-refractivity contribution < 1.29 is 22.3 Å². The van der Waals surface area contributed by atoms with Crippen molar-refractivity contribution in [1.82, 2.24) is 0 Å². The summed E-state index contributed by atoms with van der Waals surface area (Å²) in [7, 11) is -3.23. The molecule has 0 amide bonds. The number of hydrogen-bond acceptors (Lipinski definition) is 3. The van der Waals surface area contributed by atoms with Gasteiger partial charge in [0.1, 0.15) is 5.75 Å². The van der Waals surface area contributed by atoms with E-state index in [9.17, 15) is 17.7 Å². The predicted molar refractivity (Wildman–Crippen MR) is 92.1 cm³/mol. The van der Waals surface area contributed by atoms with Gasteiger partial charge in [-0.1, -0.05) is 18.2 Å². The monoisotopic (exact) mass is 375 g/mol. The number of anilines is 1. The molecule has 0 saturated heterocycles. The molecule has 0 spiro atoms. The van der Waals surface area contributed by atoms with E-state index in [4.69, 9.17) is 4.52 Å². The Labute approximate surface area is 143 Å². The highest BCUT2D eigenvalue weighted by Crippen LogP contribution is 2.45. The van der Waals surface area contributed by atoms with Gasteiger partial charge in [-0.25, -0.2) is 0 Å². The smallest absolute Gasteiger partial charge is 0.429 e. The summed E-state index contributed by atoms with van der Waals surface area (Å²) in [5, 5.41) is 2.75. The lowest BCUT2D eigenvalue weighted by molar-refractivity contribution is -0.0328. The second-order valence-corrected chi connectivity index (χ2v) is 8.58. The Balaban J connectivity index is 2.10. The van der Waals surface area contributed by atoms with Gasteiger partial charge in [0.2, 0.25) is 0 Å². The first kappa shape index (κ1) is 18.7. The first-order valence-corrected chi connectivity index (χ1v) is 9.92. The molecule has 0 aliphatic carbocycles. The highest BCUT2D eigenvalue weighted by molar-refractivity contribution is 8.00. The summed E-state index contributed by atoms with van der Waals surface area (Å²) in [4.78, 5) is 0.0645. The maximum atomic E-state index is 12.7. The van der Waals surface area contributed by atoms with Crippen LogP contribution in [0.5, 0.6) is 5.75 Å². The lowest BCUT2D eigenvalue weighted by Gasteiger charge is -2.20. The lowest BCUT2D eigenvalue weighted by atomic mass is 10.1. The van der Waals surface area contributed by atoms with Crippen molar-refractivity contribution in [1.29, 1.82) is 0 Å². The summed E-state index contributed by atoms with van der Waals surface area (Å²) in [6.07, 6.45) is 0. The Morgan fingerprint density at radius 1 is 1.04 bits per heavy atom. The minimum atomic E-state index is -4.33. The first-order valence-electron chi connectivity index (χ1n) is 7.03. The van der Waals surface area contributed by atoms with Crippen LogP contribution < -0.4 is 9.61 Å². The van der Waals surface area contributed by atoms with E-state index in [1.807, 2.05) is 32.0 Å². The maximum Gasteiger partial charge on any atom is 0.446 e. The molecule has 0 saturated carbocycles. The number of para-hydroxylation sites is 1. The molecule has 2 aromatic rings. The molecule has 2 aromatic carbocycles. The average Bonchev–Trinajstić information content (AvgIpc) is 2.43. The van der Waals surface area contributed by atoms with Crippen LogP contribution in [-0.4, -0.2) is 12.2 Å². The van der Waals surface area contributed by atoms with E-state index in [2.05, 4.69) is 5.09 Å². The van der Waals surface area contributed by atoms with Crippen molar-refractivity contribution in [2.24, 2.45) is 0 Å². The maximum absolute atomic E-state index is 12.7. The quantitative estimate of drug-likeness (QED) is 0.497. The first-order chi connectivity index (χ1) is 11.1. The second kappa shape index (κ2) is 7.11. The van der Waals surface area contributed by atoms with Crippen LogP contribution in [0, 0.1) is 13.8 Å². The molecule has 1 N–H and O–H groups in total. The van der Waals surface area contributed by atoms with Crippen LogP contribution >= 0.6 is 19.3 Å². The topological polar surface area (TPSA) is 38.3 Å². The van der Waals surface area contributed by atoms with Crippen LogP contribution in [0.2, 0.25) is 0 Å². The van der Waals surface area contributed by atoms with E-state index in [0.717, 1.165) is 11.1 Å². The predicted octanol–water partition coefficient (Wildman–Crippen LogP) is 6.23. The molecule has 0 heterocycles. The molecule has 1 unspecified atom stereocenters. The summed E-state index contributed by atoms with van der Waals surface area (Å²) >= 11 is -0.194. The zero-order valence-corrected chi connectivity index (χ0v) is 15.1. The third-order valence-electron chi connectivity index (χ3n) is 3.09. The van der Waals surface area contributed by atoms with Crippen molar-refractivity contribution >= 4 is 25.0 Å². The van der Waals surface area contributed by atoms with Crippen LogP contribution in [-0.2, 0) is 4.57 Å². The summed E-state index contributed by atoms with van der Waals surface area (Å²) in [6.45, 7) is 5.13. The van der Waals surface area contributed by atoms with E-state index >= 15 is 0 Å². The van der Waals surface area contributed by atoms with E-state index in [1.165, 1.54) is 30.9 Å². The molecular formula is C16H17F3NO2PS. The van der Waals surface area contributed by atoms with Gasteiger partial charge in [-0.05, 0) is 61.0 Å². The Hall–Kier alpha value is -1.59. The van der Waals surface area contributed by atoms with Gasteiger partial charge in [0.05, 0.1) is 0 Å². The van der Waals surface area contributed by atoms with Crippen molar-refractivity contribution in [3.63, 3.8) is 0 Å². The lowest BCUT2D eigenvalue weighted by Crippen LogP contribution is -2.04. The van der Waals surface area contributed by atoms with Gasteiger partial charge in [0.15, 0.2) is 0 Å². The van der Waals surface area contributed by atoms with Gasteiger partial charge in [-0.3, -0.25) is 4.57 Å². The van der Waals surface area contributed by atoms with E-state index in [1.54, 1.807) is 0 Å². The molecule has 0 aromatic heterocycles. The number of hydrogen-bond donors (Lipinski definition) is 1. The van der Waals surface area contributed by atoms with E-state index < -0.39 is 13.0 Å². The largest absolute Gasteiger partial charge is 0.446 e. The number of nitrogens with one attached hydrogen (secondary N) is 1. The van der Waals surface area contributed by atoms with E-state index in [0.29, 0.717) is 11.4 Å².